The number of fused-ring (bicyclic) bond motifs is 3. The van der Waals surface area contributed by atoms with Crippen molar-refractivity contribution in [2.75, 3.05) is 14.2 Å². The van der Waals surface area contributed by atoms with Crippen LogP contribution < -0.4 is 15.0 Å². The van der Waals surface area contributed by atoms with E-state index in [4.69, 9.17) is 13.9 Å². The molecule has 0 saturated carbocycles. The quantitative estimate of drug-likeness (QED) is 0.449. The first-order valence-electron chi connectivity index (χ1n) is 9.38. The van der Waals surface area contributed by atoms with Crippen molar-refractivity contribution in [3.63, 3.8) is 0 Å². The molecule has 154 valence electrons. The normalized spacial score (nSPS) is 13.0. The number of nitrogens with zero attached hydrogens (tertiary/aromatic N) is 3. The number of hydrogen-bond donors (Lipinski definition) is 1. The van der Waals surface area contributed by atoms with Crippen molar-refractivity contribution in [1.82, 2.24) is 20.2 Å². The van der Waals surface area contributed by atoms with E-state index in [9.17, 15) is 4.79 Å². The number of methoxy groups -OCH3 is 2. The minimum atomic E-state index is -0.0634. The van der Waals surface area contributed by atoms with Gasteiger partial charge in [-0.15, -0.1) is 21.5 Å². The molecule has 4 aromatic rings. The number of aromatic amines is 1. The topological polar surface area (TPSA) is 103 Å². The van der Waals surface area contributed by atoms with Crippen LogP contribution in [0.4, 0.5) is 0 Å². The van der Waals surface area contributed by atoms with Gasteiger partial charge in [-0.2, -0.15) is 0 Å². The van der Waals surface area contributed by atoms with Crippen LogP contribution in [0, 0.1) is 0 Å². The second-order valence-electron chi connectivity index (χ2n) is 6.78. The lowest BCUT2D eigenvalue weighted by molar-refractivity contribution is 0.355. The summed E-state index contributed by atoms with van der Waals surface area (Å²) < 4.78 is 16.3. The maximum absolute atomic E-state index is 12.6. The van der Waals surface area contributed by atoms with E-state index in [0.717, 1.165) is 35.0 Å². The number of hydrogen-bond acceptors (Lipinski definition) is 9. The minimum absolute atomic E-state index is 0.0634. The standard InChI is InChI=1S/C20H18N4O4S2/c1-26-12-7-6-10(8-13(12)27-2)18-23-24-20(28-18)29-9-15-21-17(25)16-11-4-3-5-14(11)30-19(16)22-15/h6-8H,3-5,9H2,1-2H3,(H,21,22,25). The Hall–Kier alpha value is -2.85. The van der Waals surface area contributed by atoms with Crippen molar-refractivity contribution in [1.29, 1.82) is 0 Å². The molecule has 0 radical (unpaired) electrons. The van der Waals surface area contributed by atoms with E-state index in [0.29, 0.717) is 34.2 Å². The lowest BCUT2D eigenvalue weighted by Crippen LogP contribution is -2.11. The second kappa shape index (κ2) is 7.77. The Morgan fingerprint density at radius 3 is 2.90 bits per heavy atom. The van der Waals surface area contributed by atoms with Crippen molar-refractivity contribution >= 4 is 33.3 Å². The van der Waals surface area contributed by atoms with Crippen LogP contribution in [-0.4, -0.2) is 34.4 Å². The highest BCUT2D eigenvalue weighted by Crippen LogP contribution is 2.35. The number of benzene rings is 1. The molecule has 0 bridgehead atoms. The van der Waals surface area contributed by atoms with Crippen LogP contribution >= 0.6 is 23.1 Å². The van der Waals surface area contributed by atoms with Gasteiger partial charge in [0.05, 0.1) is 25.4 Å². The first-order chi connectivity index (χ1) is 14.7. The van der Waals surface area contributed by atoms with Gasteiger partial charge in [0.1, 0.15) is 10.7 Å². The van der Waals surface area contributed by atoms with E-state index in [1.165, 1.54) is 22.2 Å². The molecular formula is C20H18N4O4S2. The van der Waals surface area contributed by atoms with Crippen LogP contribution in [-0.2, 0) is 18.6 Å². The molecule has 8 nitrogen and oxygen atoms in total. The predicted octanol–water partition coefficient (Wildman–Crippen LogP) is 3.83. The van der Waals surface area contributed by atoms with Gasteiger partial charge in [0, 0.05) is 10.4 Å². The summed E-state index contributed by atoms with van der Waals surface area (Å²) in [6.07, 6.45) is 3.13. The van der Waals surface area contributed by atoms with Crippen LogP contribution in [0.5, 0.6) is 11.5 Å². The zero-order valence-corrected chi connectivity index (χ0v) is 18.0. The molecular weight excluding hydrogens is 424 g/mol. The Morgan fingerprint density at radius 2 is 2.07 bits per heavy atom. The first kappa shape index (κ1) is 19.1. The summed E-state index contributed by atoms with van der Waals surface area (Å²) in [7, 11) is 3.15. The van der Waals surface area contributed by atoms with Gasteiger partial charge in [-0.3, -0.25) is 4.79 Å². The number of H-pyrrole nitrogens is 1. The minimum Gasteiger partial charge on any atom is -0.493 e. The molecule has 30 heavy (non-hydrogen) atoms. The van der Waals surface area contributed by atoms with Crippen LogP contribution in [0.15, 0.2) is 32.6 Å². The number of aryl methyl sites for hydroxylation is 2. The molecule has 1 aliphatic carbocycles. The molecule has 3 heterocycles. The maximum Gasteiger partial charge on any atom is 0.277 e. The number of rotatable bonds is 6. The Kier molecular flexibility index (Phi) is 4.95. The summed E-state index contributed by atoms with van der Waals surface area (Å²) in [5.41, 5.74) is 1.85. The number of ether oxygens (including phenoxy) is 2. The molecule has 0 fully saturated rings. The van der Waals surface area contributed by atoms with E-state index in [1.54, 1.807) is 37.7 Å². The Morgan fingerprint density at radius 1 is 1.20 bits per heavy atom. The Bertz CT molecular complexity index is 1290. The molecule has 10 heteroatoms. The average molecular weight is 443 g/mol. The van der Waals surface area contributed by atoms with E-state index >= 15 is 0 Å². The highest BCUT2D eigenvalue weighted by molar-refractivity contribution is 7.98. The molecule has 1 aliphatic rings. The molecule has 1 aromatic carbocycles. The summed E-state index contributed by atoms with van der Waals surface area (Å²) in [6, 6.07) is 5.39. The van der Waals surface area contributed by atoms with Gasteiger partial charge in [0.25, 0.3) is 10.8 Å². The fourth-order valence-corrected chi connectivity index (χ4v) is 5.51. The zero-order valence-electron chi connectivity index (χ0n) is 16.4. The van der Waals surface area contributed by atoms with E-state index in [2.05, 4.69) is 20.2 Å². The lowest BCUT2D eigenvalue weighted by atomic mass is 10.2. The maximum atomic E-state index is 12.6. The third kappa shape index (κ3) is 3.35. The third-order valence-electron chi connectivity index (χ3n) is 4.99. The molecule has 0 saturated heterocycles. The highest BCUT2D eigenvalue weighted by Gasteiger charge is 2.21. The van der Waals surface area contributed by atoms with Crippen molar-refractivity contribution in [2.45, 2.75) is 30.2 Å². The SMILES string of the molecule is COc1ccc(-c2nnc(SCc3nc4sc5c(c4c(=O)[nH]3)CCC5)o2)cc1OC. The molecule has 1 N–H and O–H groups in total. The van der Waals surface area contributed by atoms with Crippen LogP contribution in [0.2, 0.25) is 0 Å². The third-order valence-corrected chi connectivity index (χ3v) is 7.01. The zero-order chi connectivity index (χ0) is 20.7. The number of nitrogens with one attached hydrogen (secondary N) is 1. The summed E-state index contributed by atoms with van der Waals surface area (Å²) in [6.45, 7) is 0. The molecule has 3 aromatic heterocycles. The van der Waals surface area contributed by atoms with Gasteiger partial charge in [0.15, 0.2) is 11.5 Å². The van der Waals surface area contributed by atoms with Crippen LogP contribution in [0.3, 0.4) is 0 Å². The molecule has 0 amide bonds. The van der Waals surface area contributed by atoms with Gasteiger partial charge in [-0.25, -0.2) is 4.98 Å². The van der Waals surface area contributed by atoms with Crippen LogP contribution in [0.1, 0.15) is 22.7 Å². The second-order valence-corrected chi connectivity index (χ2v) is 8.79. The van der Waals surface area contributed by atoms with Crippen molar-refractivity contribution < 1.29 is 13.9 Å². The monoisotopic (exact) mass is 442 g/mol. The Labute approximate surface area is 179 Å². The lowest BCUT2D eigenvalue weighted by Gasteiger charge is -2.07. The van der Waals surface area contributed by atoms with Crippen molar-refractivity contribution in [3.05, 3.63) is 44.8 Å². The number of aromatic nitrogens is 4. The fraction of sp³-hybridized carbons (Fsp3) is 0.300. The molecule has 5 rings (SSSR count). The van der Waals surface area contributed by atoms with E-state index < -0.39 is 0 Å². The van der Waals surface area contributed by atoms with Gasteiger partial charge < -0.3 is 18.9 Å². The van der Waals surface area contributed by atoms with Crippen LogP contribution in [0.25, 0.3) is 21.7 Å². The van der Waals surface area contributed by atoms with E-state index in [1.807, 2.05) is 6.07 Å². The molecule has 0 unspecified atom stereocenters. The molecule has 0 atom stereocenters. The highest BCUT2D eigenvalue weighted by atomic mass is 32.2. The van der Waals surface area contributed by atoms with E-state index in [-0.39, 0.29) is 5.56 Å². The summed E-state index contributed by atoms with van der Waals surface area (Å²) in [4.78, 5) is 22.2. The van der Waals surface area contributed by atoms with Gasteiger partial charge in [0.2, 0.25) is 5.89 Å². The van der Waals surface area contributed by atoms with Crippen molar-refractivity contribution in [3.8, 4) is 23.0 Å². The van der Waals surface area contributed by atoms with Gasteiger partial charge >= 0.3 is 0 Å². The fourth-order valence-electron chi connectivity index (χ4n) is 3.60. The molecule has 0 aliphatic heterocycles. The van der Waals surface area contributed by atoms with Gasteiger partial charge in [-0.1, -0.05) is 11.8 Å². The Balaban J connectivity index is 1.34. The molecule has 0 spiro atoms. The smallest absolute Gasteiger partial charge is 0.277 e. The van der Waals surface area contributed by atoms with Gasteiger partial charge in [-0.05, 0) is 43.0 Å². The summed E-state index contributed by atoms with van der Waals surface area (Å²) >= 11 is 2.96. The summed E-state index contributed by atoms with van der Waals surface area (Å²) in [5.74, 6) is 2.62. The predicted molar refractivity (Wildman–Crippen MR) is 115 cm³/mol. The first-order valence-corrected chi connectivity index (χ1v) is 11.2. The average Bonchev–Trinajstić information content (AvgIpc) is 3.47. The number of thiophene rings is 1. The van der Waals surface area contributed by atoms with Crippen molar-refractivity contribution in [2.24, 2.45) is 0 Å². The summed E-state index contributed by atoms with van der Waals surface area (Å²) in [5, 5.41) is 9.35. The largest absolute Gasteiger partial charge is 0.493 e. The number of thioether (sulfide) groups is 1.